The van der Waals surface area contributed by atoms with Crippen LogP contribution in [-0.4, -0.2) is 22.1 Å². The fraction of sp³-hybridized carbons (Fsp3) is 0.400. The lowest BCUT2D eigenvalue weighted by atomic mass is 10.1. The first-order valence-corrected chi connectivity index (χ1v) is 9.03. The van der Waals surface area contributed by atoms with Crippen LogP contribution >= 0.6 is 23.1 Å². The molecule has 2 aromatic rings. The molecule has 0 unspecified atom stereocenters. The lowest BCUT2D eigenvalue weighted by molar-refractivity contribution is -0.121. The Balaban J connectivity index is 1.77. The Morgan fingerprint density at radius 1 is 1.27 bits per heavy atom. The number of rotatable bonds is 5. The van der Waals surface area contributed by atoms with Gasteiger partial charge in [0.2, 0.25) is 11.0 Å². The van der Waals surface area contributed by atoms with Crippen molar-refractivity contribution >= 4 is 34.1 Å². The Labute approximate surface area is 137 Å². The van der Waals surface area contributed by atoms with Gasteiger partial charge in [0.05, 0.1) is 0 Å². The van der Waals surface area contributed by atoms with E-state index in [1.807, 2.05) is 30.3 Å². The molecule has 22 heavy (non-hydrogen) atoms. The van der Waals surface area contributed by atoms with Gasteiger partial charge in [0.15, 0.2) is 4.34 Å². The standard InChI is InChI=1S/C15H18N4OS2/c16-14-18-19-15(22-14)21-12(10-6-2-1-3-7-10)13(20)17-11-8-4-5-9-11/h1-3,6-7,11-12H,4-5,8-9H2,(H2,16,18)(H,17,20)/t12-/m1/s1. The molecule has 1 atom stereocenters. The molecule has 116 valence electrons. The average molecular weight is 334 g/mol. The number of amides is 1. The largest absolute Gasteiger partial charge is 0.374 e. The molecular formula is C15H18N4OS2. The lowest BCUT2D eigenvalue weighted by Crippen LogP contribution is -2.35. The van der Waals surface area contributed by atoms with Crippen LogP contribution in [-0.2, 0) is 4.79 Å². The van der Waals surface area contributed by atoms with Crippen LogP contribution in [0, 0.1) is 0 Å². The van der Waals surface area contributed by atoms with Crippen LogP contribution in [0.1, 0.15) is 36.5 Å². The van der Waals surface area contributed by atoms with Crippen LogP contribution in [0.15, 0.2) is 34.7 Å². The molecule has 1 heterocycles. The topological polar surface area (TPSA) is 80.9 Å². The predicted octanol–water partition coefficient (Wildman–Crippen LogP) is 3.01. The Morgan fingerprint density at radius 3 is 2.64 bits per heavy atom. The van der Waals surface area contributed by atoms with Gasteiger partial charge in [-0.2, -0.15) is 0 Å². The van der Waals surface area contributed by atoms with Crippen LogP contribution in [0.4, 0.5) is 5.13 Å². The second-order valence-corrected chi connectivity index (χ2v) is 7.67. The third-order valence-corrected chi connectivity index (χ3v) is 5.77. The second-order valence-electron chi connectivity index (χ2n) is 5.30. The summed E-state index contributed by atoms with van der Waals surface area (Å²) in [5.41, 5.74) is 6.60. The molecule has 0 saturated heterocycles. The third kappa shape index (κ3) is 3.78. The summed E-state index contributed by atoms with van der Waals surface area (Å²) in [5.74, 6) is 0.0388. The van der Waals surface area contributed by atoms with Crippen LogP contribution in [0.2, 0.25) is 0 Å². The maximum atomic E-state index is 12.7. The van der Waals surface area contributed by atoms with E-state index in [-0.39, 0.29) is 11.2 Å². The van der Waals surface area contributed by atoms with Crippen molar-refractivity contribution in [2.75, 3.05) is 5.73 Å². The highest BCUT2D eigenvalue weighted by atomic mass is 32.2. The van der Waals surface area contributed by atoms with Gasteiger partial charge in [-0.3, -0.25) is 4.79 Å². The Bertz CT molecular complexity index is 625. The molecule has 0 bridgehead atoms. The maximum Gasteiger partial charge on any atom is 0.238 e. The van der Waals surface area contributed by atoms with E-state index in [1.54, 1.807) is 0 Å². The number of carbonyl (C=O) groups excluding carboxylic acids is 1. The molecule has 1 aliphatic carbocycles. The van der Waals surface area contributed by atoms with Gasteiger partial charge in [-0.1, -0.05) is 66.3 Å². The summed E-state index contributed by atoms with van der Waals surface area (Å²) < 4.78 is 0.716. The highest BCUT2D eigenvalue weighted by molar-refractivity contribution is 8.01. The molecule has 3 rings (SSSR count). The first-order chi connectivity index (χ1) is 10.7. The zero-order valence-electron chi connectivity index (χ0n) is 12.1. The van der Waals surface area contributed by atoms with Gasteiger partial charge in [0.25, 0.3) is 0 Å². The van der Waals surface area contributed by atoms with Gasteiger partial charge >= 0.3 is 0 Å². The van der Waals surface area contributed by atoms with Gasteiger partial charge < -0.3 is 11.1 Å². The molecule has 0 radical (unpaired) electrons. The normalized spacial score (nSPS) is 16.5. The average Bonchev–Trinajstić information content (AvgIpc) is 3.17. The molecule has 0 spiro atoms. The van der Waals surface area contributed by atoms with Crippen molar-refractivity contribution in [1.29, 1.82) is 0 Å². The maximum absolute atomic E-state index is 12.7. The lowest BCUT2D eigenvalue weighted by Gasteiger charge is -2.18. The van der Waals surface area contributed by atoms with E-state index in [1.165, 1.54) is 35.9 Å². The molecule has 1 aromatic heterocycles. The number of nitrogens with two attached hydrogens (primary N) is 1. The van der Waals surface area contributed by atoms with Gasteiger partial charge in [0.1, 0.15) is 5.25 Å². The van der Waals surface area contributed by atoms with Crippen molar-refractivity contribution in [3.8, 4) is 0 Å². The van der Waals surface area contributed by atoms with Crippen molar-refractivity contribution in [3.05, 3.63) is 35.9 Å². The fourth-order valence-corrected chi connectivity index (χ4v) is 4.45. The van der Waals surface area contributed by atoms with E-state index < -0.39 is 0 Å². The minimum atomic E-state index is -0.325. The van der Waals surface area contributed by atoms with Crippen molar-refractivity contribution in [2.24, 2.45) is 0 Å². The van der Waals surface area contributed by atoms with E-state index in [4.69, 9.17) is 5.73 Å². The van der Waals surface area contributed by atoms with Crippen molar-refractivity contribution in [1.82, 2.24) is 15.5 Å². The number of nitrogens with one attached hydrogen (secondary N) is 1. The fourth-order valence-electron chi connectivity index (χ4n) is 2.62. The molecule has 1 saturated carbocycles. The molecular weight excluding hydrogens is 316 g/mol. The van der Waals surface area contributed by atoms with Crippen LogP contribution in [0.25, 0.3) is 0 Å². The summed E-state index contributed by atoms with van der Waals surface area (Å²) >= 11 is 2.72. The summed E-state index contributed by atoms with van der Waals surface area (Å²) in [4.78, 5) is 12.7. The Hall–Kier alpha value is -1.60. The number of nitrogen functional groups attached to an aromatic ring is 1. The highest BCUT2D eigenvalue weighted by Gasteiger charge is 2.26. The number of thioether (sulfide) groups is 1. The zero-order chi connectivity index (χ0) is 15.4. The van der Waals surface area contributed by atoms with E-state index in [0.29, 0.717) is 15.5 Å². The van der Waals surface area contributed by atoms with E-state index in [9.17, 15) is 4.79 Å². The molecule has 1 amide bonds. The summed E-state index contributed by atoms with van der Waals surface area (Å²) in [6, 6.07) is 10.1. The Kier molecular flexibility index (Phi) is 4.94. The summed E-state index contributed by atoms with van der Waals surface area (Å²) in [5, 5.41) is 11.1. The van der Waals surface area contributed by atoms with Gasteiger partial charge in [-0.05, 0) is 18.4 Å². The first kappa shape index (κ1) is 15.3. The summed E-state index contributed by atoms with van der Waals surface area (Å²) in [7, 11) is 0. The quantitative estimate of drug-likeness (QED) is 0.822. The van der Waals surface area contributed by atoms with Crippen molar-refractivity contribution in [3.63, 3.8) is 0 Å². The molecule has 0 aliphatic heterocycles. The number of carbonyl (C=O) groups is 1. The minimum Gasteiger partial charge on any atom is -0.374 e. The van der Waals surface area contributed by atoms with Crippen LogP contribution in [0.5, 0.6) is 0 Å². The first-order valence-electron chi connectivity index (χ1n) is 7.33. The number of hydrogen-bond donors (Lipinski definition) is 2. The van der Waals surface area contributed by atoms with Gasteiger partial charge in [-0.15, -0.1) is 10.2 Å². The van der Waals surface area contributed by atoms with Crippen molar-refractivity contribution in [2.45, 2.75) is 41.3 Å². The molecule has 3 N–H and O–H groups in total. The molecule has 1 fully saturated rings. The van der Waals surface area contributed by atoms with Crippen LogP contribution in [0.3, 0.4) is 0 Å². The number of nitrogens with zero attached hydrogens (tertiary/aromatic N) is 2. The van der Waals surface area contributed by atoms with E-state index >= 15 is 0 Å². The van der Waals surface area contributed by atoms with Crippen LogP contribution < -0.4 is 11.1 Å². The molecule has 7 heteroatoms. The number of benzene rings is 1. The summed E-state index contributed by atoms with van der Waals surface area (Å²) in [6.07, 6.45) is 4.54. The summed E-state index contributed by atoms with van der Waals surface area (Å²) in [6.45, 7) is 0. The zero-order valence-corrected chi connectivity index (χ0v) is 13.7. The van der Waals surface area contributed by atoms with Crippen molar-refractivity contribution < 1.29 is 4.79 Å². The molecule has 1 aromatic carbocycles. The van der Waals surface area contributed by atoms with Gasteiger partial charge in [-0.25, -0.2) is 0 Å². The molecule has 5 nitrogen and oxygen atoms in total. The predicted molar refractivity (Wildman–Crippen MR) is 89.8 cm³/mol. The van der Waals surface area contributed by atoms with E-state index in [2.05, 4.69) is 15.5 Å². The van der Waals surface area contributed by atoms with Gasteiger partial charge in [0, 0.05) is 6.04 Å². The number of aromatic nitrogens is 2. The number of hydrogen-bond acceptors (Lipinski definition) is 6. The highest BCUT2D eigenvalue weighted by Crippen LogP contribution is 2.37. The third-order valence-electron chi connectivity index (χ3n) is 3.68. The molecule has 1 aliphatic rings. The SMILES string of the molecule is Nc1nnc(S[C@@H](C(=O)NC2CCCC2)c2ccccc2)s1. The second kappa shape index (κ2) is 7.11. The number of anilines is 1. The van der Waals surface area contributed by atoms with E-state index in [0.717, 1.165) is 18.4 Å². The Morgan fingerprint density at radius 2 is 2.00 bits per heavy atom. The minimum absolute atomic E-state index is 0.0388. The smallest absolute Gasteiger partial charge is 0.238 e. The monoisotopic (exact) mass is 334 g/mol.